The van der Waals surface area contributed by atoms with Crippen LogP contribution in [-0.2, 0) is 9.59 Å². The van der Waals surface area contributed by atoms with E-state index in [2.05, 4.69) is 69.7 Å². The van der Waals surface area contributed by atoms with E-state index in [9.17, 15) is 9.59 Å². The van der Waals surface area contributed by atoms with E-state index in [0.717, 1.165) is 74.9 Å². The minimum Gasteiger partial charge on any atom is -0.369 e. The predicted molar refractivity (Wildman–Crippen MR) is 162 cm³/mol. The van der Waals surface area contributed by atoms with Crippen molar-refractivity contribution in [3.05, 3.63) is 66.4 Å². The molecule has 3 aliphatic rings. The molecule has 2 aromatic rings. The average molecular weight is 543 g/mol. The first-order valence-electron chi connectivity index (χ1n) is 14.7. The summed E-state index contributed by atoms with van der Waals surface area (Å²) in [6.07, 6.45) is 8.74. The van der Waals surface area contributed by atoms with Crippen molar-refractivity contribution in [1.82, 2.24) is 19.7 Å². The minimum absolute atomic E-state index is 0.0109. The van der Waals surface area contributed by atoms with Crippen LogP contribution < -0.4 is 10.2 Å². The summed E-state index contributed by atoms with van der Waals surface area (Å²) < 4.78 is 0. The van der Waals surface area contributed by atoms with Crippen molar-refractivity contribution in [2.45, 2.75) is 38.6 Å². The molecule has 2 fully saturated rings. The highest BCUT2D eigenvalue weighted by Crippen LogP contribution is 2.32. The molecule has 2 saturated heterocycles. The van der Waals surface area contributed by atoms with E-state index >= 15 is 0 Å². The molecule has 1 amide bonds. The van der Waals surface area contributed by atoms with Gasteiger partial charge in [0.05, 0.1) is 0 Å². The number of piperazine rings is 2. The Labute approximate surface area is 238 Å². The molecule has 0 bridgehead atoms. The smallest absolute Gasteiger partial charge is 0.246 e. The maximum absolute atomic E-state index is 12.9. The largest absolute Gasteiger partial charge is 0.369 e. The van der Waals surface area contributed by atoms with E-state index in [4.69, 9.17) is 0 Å². The molecule has 8 nitrogen and oxygen atoms in total. The second-order valence-electron chi connectivity index (χ2n) is 11.1. The van der Waals surface area contributed by atoms with Crippen LogP contribution in [0.2, 0.25) is 0 Å². The number of fused-ring (bicyclic) bond motifs is 1. The second kappa shape index (κ2) is 12.8. The zero-order chi connectivity index (χ0) is 28.1. The van der Waals surface area contributed by atoms with Crippen molar-refractivity contribution in [2.24, 2.45) is 0 Å². The predicted octanol–water partition coefficient (Wildman–Crippen LogP) is 4.15. The Bertz CT molecular complexity index is 1230. The Morgan fingerprint density at radius 1 is 1.07 bits per heavy atom. The van der Waals surface area contributed by atoms with Crippen LogP contribution in [0.4, 0.5) is 17.2 Å². The van der Waals surface area contributed by atoms with Gasteiger partial charge in [0.15, 0.2) is 5.78 Å². The van der Waals surface area contributed by atoms with E-state index in [1.807, 2.05) is 23.2 Å². The third-order valence-electron chi connectivity index (χ3n) is 8.74. The van der Waals surface area contributed by atoms with Gasteiger partial charge in [-0.15, -0.1) is 0 Å². The van der Waals surface area contributed by atoms with Crippen molar-refractivity contribution < 1.29 is 9.59 Å². The van der Waals surface area contributed by atoms with Crippen LogP contribution in [0.5, 0.6) is 0 Å². The molecule has 40 heavy (non-hydrogen) atoms. The molecule has 5 rings (SSSR count). The SMILES string of the molecule is C=CC(=O)N1CCN(CCC2C(=O)C=Cc3cnc(Nc4ccc(N5CCN(C(C)CC)CC5)cc4)cc32)CC1. The number of carbonyl (C=O) groups excluding carboxylic acids is 2. The first-order chi connectivity index (χ1) is 19.4. The molecule has 0 radical (unpaired) electrons. The Kier molecular flexibility index (Phi) is 8.97. The molecule has 2 atom stereocenters. The number of ketones is 1. The number of hydrogen-bond donors (Lipinski definition) is 1. The highest BCUT2D eigenvalue weighted by molar-refractivity contribution is 6.02. The molecule has 8 heteroatoms. The molecule has 1 aromatic carbocycles. The zero-order valence-electron chi connectivity index (χ0n) is 23.9. The van der Waals surface area contributed by atoms with Gasteiger partial charge in [-0.1, -0.05) is 13.5 Å². The van der Waals surface area contributed by atoms with Gasteiger partial charge < -0.3 is 15.1 Å². The number of nitrogens with zero attached hydrogens (tertiary/aromatic N) is 5. The highest BCUT2D eigenvalue weighted by atomic mass is 16.2. The Morgan fingerprint density at radius 3 is 2.48 bits per heavy atom. The van der Waals surface area contributed by atoms with Crippen LogP contribution in [-0.4, -0.2) is 96.3 Å². The van der Waals surface area contributed by atoms with E-state index in [1.54, 1.807) is 6.08 Å². The summed E-state index contributed by atoms with van der Waals surface area (Å²) in [7, 11) is 0. The lowest BCUT2D eigenvalue weighted by Gasteiger charge is -2.39. The van der Waals surface area contributed by atoms with Gasteiger partial charge in [0.25, 0.3) is 0 Å². The molecular formula is C32H42N6O2. The van der Waals surface area contributed by atoms with Gasteiger partial charge in [-0.05, 0) is 86.0 Å². The lowest BCUT2D eigenvalue weighted by Crippen LogP contribution is -2.49. The van der Waals surface area contributed by atoms with Crippen LogP contribution in [0, 0.1) is 0 Å². The summed E-state index contributed by atoms with van der Waals surface area (Å²) in [6, 6.07) is 11.2. The van der Waals surface area contributed by atoms with Gasteiger partial charge in [-0.25, -0.2) is 4.98 Å². The average Bonchev–Trinajstić information content (AvgIpc) is 3.00. The number of anilines is 3. The number of pyridine rings is 1. The summed E-state index contributed by atoms with van der Waals surface area (Å²) in [5.41, 5.74) is 4.26. The fourth-order valence-corrected chi connectivity index (χ4v) is 5.95. The van der Waals surface area contributed by atoms with E-state index < -0.39 is 0 Å². The fourth-order valence-electron chi connectivity index (χ4n) is 5.95. The lowest BCUT2D eigenvalue weighted by molar-refractivity contribution is -0.127. The molecule has 2 unspecified atom stereocenters. The van der Waals surface area contributed by atoms with Crippen LogP contribution in [0.1, 0.15) is 43.7 Å². The number of benzene rings is 1. The first-order valence-corrected chi connectivity index (χ1v) is 14.7. The number of carbonyl (C=O) groups is 2. The molecule has 1 aromatic heterocycles. The van der Waals surface area contributed by atoms with Crippen LogP contribution >= 0.6 is 0 Å². The number of amides is 1. The number of rotatable bonds is 9. The summed E-state index contributed by atoms with van der Waals surface area (Å²) in [4.78, 5) is 38.6. The van der Waals surface area contributed by atoms with Gasteiger partial charge in [0.2, 0.25) is 5.91 Å². The summed E-state index contributed by atoms with van der Waals surface area (Å²) in [6.45, 7) is 16.3. The molecule has 0 spiro atoms. The third-order valence-corrected chi connectivity index (χ3v) is 8.74. The van der Waals surface area contributed by atoms with E-state index in [-0.39, 0.29) is 17.6 Å². The Hall–Kier alpha value is -3.49. The third kappa shape index (κ3) is 6.45. The molecule has 212 valence electrons. The number of nitrogens with one attached hydrogen (secondary N) is 1. The topological polar surface area (TPSA) is 72.0 Å². The standard InChI is InChI=1S/C32H42N6O2/c1-4-24(3)36-18-20-37(21-19-36)27-9-7-26(8-10-27)34-31-22-29-25(23-33-31)6-11-30(39)28(29)12-13-35-14-16-38(17-15-35)32(40)5-2/h5-11,22-24,28H,2,4,12-21H2,1,3H3,(H,33,34). The second-order valence-corrected chi connectivity index (χ2v) is 11.1. The van der Waals surface area contributed by atoms with Gasteiger partial charge in [-0.3, -0.25) is 19.4 Å². The number of allylic oxidation sites excluding steroid dienone is 1. The molecule has 2 aliphatic heterocycles. The lowest BCUT2D eigenvalue weighted by atomic mass is 9.84. The van der Waals surface area contributed by atoms with Crippen molar-refractivity contribution in [3.8, 4) is 0 Å². The summed E-state index contributed by atoms with van der Waals surface area (Å²) in [5.74, 6) is 0.692. The van der Waals surface area contributed by atoms with E-state index in [1.165, 1.54) is 18.2 Å². The maximum Gasteiger partial charge on any atom is 0.246 e. The zero-order valence-corrected chi connectivity index (χ0v) is 23.9. The normalized spacial score (nSPS) is 20.8. The van der Waals surface area contributed by atoms with Crippen molar-refractivity contribution in [2.75, 3.05) is 69.1 Å². The summed E-state index contributed by atoms with van der Waals surface area (Å²) >= 11 is 0. The highest BCUT2D eigenvalue weighted by Gasteiger charge is 2.27. The molecule has 0 saturated carbocycles. The fraction of sp³-hybridized carbons (Fsp3) is 0.469. The number of hydrogen-bond acceptors (Lipinski definition) is 7. The molecule has 1 aliphatic carbocycles. The van der Waals surface area contributed by atoms with Gasteiger partial charge in [-0.2, -0.15) is 0 Å². The first kappa shape index (κ1) is 28.1. The van der Waals surface area contributed by atoms with Crippen molar-refractivity contribution in [1.29, 1.82) is 0 Å². The van der Waals surface area contributed by atoms with E-state index in [0.29, 0.717) is 19.1 Å². The van der Waals surface area contributed by atoms with Crippen molar-refractivity contribution in [3.63, 3.8) is 0 Å². The summed E-state index contributed by atoms with van der Waals surface area (Å²) in [5, 5.41) is 3.45. The maximum atomic E-state index is 12.9. The molecule has 1 N–H and O–H groups in total. The van der Waals surface area contributed by atoms with Crippen molar-refractivity contribution >= 4 is 35.0 Å². The van der Waals surface area contributed by atoms with Crippen LogP contribution in [0.15, 0.2) is 55.3 Å². The number of aromatic nitrogens is 1. The Balaban J connectivity index is 1.19. The minimum atomic E-state index is -0.187. The van der Waals surface area contributed by atoms with Crippen LogP contribution in [0.3, 0.4) is 0 Å². The Morgan fingerprint density at radius 2 is 1.80 bits per heavy atom. The van der Waals surface area contributed by atoms with Gasteiger partial charge >= 0.3 is 0 Å². The van der Waals surface area contributed by atoms with Gasteiger partial charge in [0, 0.05) is 81.9 Å². The van der Waals surface area contributed by atoms with Gasteiger partial charge in [0.1, 0.15) is 5.82 Å². The quantitative estimate of drug-likeness (QED) is 0.478. The molecule has 3 heterocycles. The molecular weight excluding hydrogens is 500 g/mol. The van der Waals surface area contributed by atoms with Crippen LogP contribution in [0.25, 0.3) is 6.08 Å². The monoisotopic (exact) mass is 542 g/mol.